The fraction of sp³-hybridized carbons (Fsp3) is 0.100. The van der Waals surface area contributed by atoms with Crippen LogP contribution in [0.4, 0.5) is 5.69 Å². The van der Waals surface area contributed by atoms with E-state index in [1.807, 2.05) is 0 Å². The first-order valence-corrected chi connectivity index (χ1v) is 7.35. The molecule has 0 saturated carbocycles. The van der Waals surface area contributed by atoms with Crippen molar-refractivity contribution in [1.82, 2.24) is 14.7 Å². The van der Waals surface area contributed by atoms with E-state index in [-0.39, 0.29) is 21.5 Å². The van der Waals surface area contributed by atoms with E-state index >= 15 is 0 Å². The Balaban J connectivity index is 2.29. The summed E-state index contributed by atoms with van der Waals surface area (Å²) >= 11 is 11.8. The number of nitrogens with two attached hydrogens (primary N) is 1. The normalized spacial score (nSPS) is 11.7. The molecule has 0 radical (unpaired) electrons. The number of halogens is 2. The third-order valence-corrected chi connectivity index (χ3v) is 4.62. The van der Waals surface area contributed by atoms with E-state index in [4.69, 9.17) is 28.9 Å². The summed E-state index contributed by atoms with van der Waals surface area (Å²) in [5.74, 6) is 0. The van der Waals surface area contributed by atoms with Gasteiger partial charge in [0, 0.05) is 17.6 Å². The second kappa shape index (κ2) is 5.38. The number of aromatic amines is 1. The van der Waals surface area contributed by atoms with Gasteiger partial charge in [0.2, 0.25) is 10.0 Å². The highest BCUT2D eigenvalue weighted by Gasteiger charge is 2.22. The Kier molecular flexibility index (Phi) is 4.00. The number of sulfonamides is 1. The summed E-state index contributed by atoms with van der Waals surface area (Å²) in [4.78, 5) is 6.37. The number of nitrogens with one attached hydrogen (secondary N) is 2. The van der Waals surface area contributed by atoms with E-state index in [2.05, 4.69) is 14.7 Å². The lowest BCUT2D eigenvalue weighted by Gasteiger charge is -2.10. The second-order valence-electron chi connectivity index (χ2n) is 3.72. The summed E-state index contributed by atoms with van der Waals surface area (Å²) in [6, 6.07) is 2.66. The molecular weight excluding hydrogens is 311 g/mol. The second-order valence-corrected chi connectivity index (χ2v) is 6.23. The first-order valence-electron chi connectivity index (χ1n) is 5.11. The van der Waals surface area contributed by atoms with Gasteiger partial charge in [0.25, 0.3) is 0 Å². The zero-order valence-electron chi connectivity index (χ0n) is 9.52. The molecule has 6 nitrogen and oxygen atoms in total. The molecule has 0 aliphatic heterocycles. The van der Waals surface area contributed by atoms with Crippen LogP contribution in [0.25, 0.3) is 0 Å². The fourth-order valence-corrected chi connectivity index (χ4v) is 3.70. The maximum Gasteiger partial charge on any atom is 0.243 e. The number of nitrogen functional groups attached to an aromatic ring is 1. The van der Waals surface area contributed by atoms with Crippen LogP contribution < -0.4 is 10.5 Å². The molecule has 4 N–H and O–H groups in total. The quantitative estimate of drug-likeness (QED) is 0.747. The van der Waals surface area contributed by atoms with Crippen LogP contribution in [-0.2, 0) is 16.6 Å². The molecular formula is C10H10Cl2N4O2S. The molecule has 9 heteroatoms. The van der Waals surface area contributed by atoms with Crippen LogP contribution in [0.15, 0.2) is 29.6 Å². The molecule has 0 bridgehead atoms. The minimum absolute atomic E-state index is 0.0258. The molecule has 0 fully saturated rings. The van der Waals surface area contributed by atoms with Gasteiger partial charge in [-0.2, -0.15) is 0 Å². The average Bonchev–Trinajstić information content (AvgIpc) is 2.77. The Morgan fingerprint density at radius 1 is 1.32 bits per heavy atom. The largest absolute Gasteiger partial charge is 0.399 e. The molecule has 102 valence electrons. The number of hydrogen-bond donors (Lipinski definition) is 3. The summed E-state index contributed by atoms with van der Waals surface area (Å²) < 4.78 is 26.6. The van der Waals surface area contributed by atoms with Crippen LogP contribution in [0.2, 0.25) is 10.0 Å². The van der Waals surface area contributed by atoms with Gasteiger partial charge in [0.05, 0.1) is 22.9 Å². The van der Waals surface area contributed by atoms with E-state index in [9.17, 15) is 8.42 Å². The summed E-state index contributed by atoms with van der Waals surface area (Å²) in [6.07, 6.45) is 2.96. The number of nitrogens with zero attached hydrogens (tertiary/aromatic N) is 1. The Labute approximate surface area is 120 Å². The van der Waals surface area contributed by atoms with Crippen LogP contribution in [-0.4, -0.2) is 18.4 Å². The van der Waals surface area contributed by atoms with Gasteiger partial charge in [-0.25, -0.2) is 18.1 Å². The van der Waals surface area contributed by atoms with E-state index in [0.717, 1.165) is 0 Å². The van der Waals surface area contributed by atoms with Crippen LogP contribution in [0.3, 0.4) is 0 Å². The number of rotatable bonds is 4. The summed E-state index contributed by atoms with van der Waals surface area (Å²) in [5, 5.41) is -0.0516. The van der Waals surface area contributed by atoms with Gasteiger partial charge in [0.15, 0.2) is 0 Å². The van der Waals surface area contributed by atoms with Gasteiger partial charge in [-0.15, -0.1) is 0 Å². The molecule has 19 heavy (non-hydrogen) atoms. The number of imidazole rings is 1. The highest BCUT2D eigenvalue weighted by atomic mass is 35.5. The monoisotopic (exact) mass is 320 g/mol. The Hall–Kier alpha value is -1.28. The molecule has 0 unspecified atom stereocenters. The van der Waals surface area contributed by atoms with Gasteiger partial charge in [0.1, 0.15) is 4.90 Å². The molecule has 1 aromatic heterocycles. The standard InChI is InChI=1S/C10H10Cl2N4O2S/c11-8-1-6(13)2-9(12)10(8)19(17,18)16-4-7-3-14-5-15-7/h1-3,5,16H,4,13H2,(H,14,15). The fourth-order valence-electron chi connectivity index (χ4n) is 1.46. The highest BCUT2D eigenvalue weighted by Crippen LogP contribution is 2.31. The molecule has 1 heterocycles. The molecule has 0 amide bonds. The van der Waals surface area contributed by atoms with E-state index in [0.29, 0.717) is 11.4 Å². The van der Waals surface area contributed by atoms with Gasteiger partial charge < -0.3 is 10.7 Å². The topological polar surface area (TPSA) is 101 Å². The maximum absolute atomic E-state index is 12.1. The zero-order chi connectivity index (χ0) is 14.0. The van der Waals surface area contributed by atoms with Crippen molar-refractivity contribution in [3.63, 3.8) is 0 Å². The molecule has 2 aromatic rings. The van der Waals surface area contributed by atoms with Crippen molar-refractivity contribution >= 4 is 38.9 Å². The highest BCUT2D eigenvalue weighted by molar-refractivity contribution is 7.89. The van der Waals surface area contributed by atoms with Gasteiger partial charge in [-0.05, 0) is 12.1 Å². The lowest BCUT2D eigenvalue weighted by molar-refractivity contribution is 0.580. The van der Waals surface area contributed by atoms with Crippen molar-refractivity contribution in [1.29, 1.82) is 0 Å². The van der Waals surface area contributed by atoms with Crippen molar-refractivity contribution in [2.75, 3.05) is 5.73 Å². The van der Waals surface area contributed by atoms with Gasteiger partial charge in [-0.3, -0.25) is 0 Å². The smallest absolute Gasteiger partial charge is 0.243 e. The zero-order valence-corrected chi connectivity index (χ0v) is 11.9. The predicted octanol–water partition coefficient (Wildman–Crippen LogP) is 1.78. The van der Waals surface area contributed by atoms with Gasteiger partial charge in [-0.1, -0.05) is 23.2 Å². The lowest BCUT2D eigenvalue weighted by Crippen LogP contribution is -2.24. The maximum atomic E-state index is 12.1. The van der Waals surface area contributed by atoms with Crippen molar-refractivity contribution in [3.8, 4) is 0 Å². The summed E-state index contributed by atoms with van der Waals surface area (Å²) in [5.41, 5.74) is 6.44. The number of H-pyrrole nitrogens is 1. The van der Waals surface area contributed by atoms with Crippen LogP contribution in [0.5, 0.6) is 0 Å². The Morgan fingerprint density at radius 2 is 1.95 bits per heavy atom. The Bertz CT molecular complexity index is 663. The first-order chi connectivity index (χ1) is 8.90. The minimum atomic E-state index is -3.83. The van der Waals surface area contributed by atoms with E-state index in [1.54, 1.807) is 0 Å². The summed E-state index contributed by atoms with van der Waals surface area (Å²) in [7, 11) is -3.83. The molecule has 1 aromatic carbocycles. The molecule has 0 aliphatic carbocycles. The third-order valence-electron chi connectivity index (χ3n) is 2.30. The van der Waals surface area contributed by atoms with Crippen molar-refractivity contribution in [2.24, 2.45) is 0 Å². The molecule has 0 aliphatic rings. The molecule has 0 spiro atoms. The first kappa shape index (κ1) is 14.1. The van der Waals surface area contributed by atoms with Crippen molar-refractivity contribution < 1.29 is 8.42 Å². The van der Waals surface area contributed by atoms with Crippen LogP contribution in [0.1, 0.15) is 5.69 Å². The molecule has 0 atom stereocenters. The molecule has 2 rings (SSSR count). The molecule has 0 saturated heterocycles. The van der Waals surface area contributed by atoms with E-state index in [1.165, 1.54) is 24.7 Å². The van der Waals surface area contributed by atoms with Crippen LogP contribution in [0, 0.1) is 0 Å². The average molecular weight is 321 g/mol. The number of benzene rings is 1. The number of aromatic nitrogens is 2. The number of anilines is 1. The third kappa shape index (κ3) is 3.19. The van der Waals surface area contributed by atoms with Crippen molar-refractivity contribution in [2.45, 2.75) is 11.4 Å². The lowest BCUT2D eigenvalue weighted by atomic mass is 10.3. The van der Waals surface area contributed by atoms with Gasteiger partial charge >= 0.3 is 0 Å². The predicted molar refractivity (Wildman–Crippen MR) is 73.5 cm³/mol. The number of hydrogen-bond acceptors (Lipinski definition) is 4. The van der Waals surface area contributed by atoms with Crippen molar-refractivity contribution in [3.05, 3.63) is 40.4 Å². The Morgan fingerprint density at radius 3 is 2.47 bits per heavy atom. The minimum Gasteiger partial charge on any atom is -0.399 e. The van der Waals surface area contributed by atoms with E-state index < -0.39 is 10.0 Å². The summed E-state index contributed by atoms with van der Waals surface area (Å²) in [6.45, 7) is 0.0549. The van der Waals surface area contributed by atoms with Crippen LogP contribution >= 0.6 is 23.2 Å². The SMILES string of the molecule is Nc1cc(Cl)c(S(=O)(=O)NCc2cnc[nH]2)c(Cl)c1.